The number of alkyl carbamates (subject to hydrolysis) is 2. The Labute approximate surface area is 148 Å². The molecule has 0 aliphatic carbocycles. The van der Waals surface area contributed by atoms with Crippen LogP contribution in [0.5, 0.6) is 0 Å². The Balaban J connectivity index is 4.82. The highest BCUT2D eigenvalue weighted by Gasteiger charge is 2.21. The number of hydrogen-bond donors (Lipinski definition) is 2. The van der Waals surface area contributed by atoms with Crippen LogP contribution in [0.1, 0.15) is 48.5 Å². The molecule has 138 valence electrons. The second-order valence-electron chi connectivity index (χ2n) is 6.82. The third-order valence-electron chi connectivity index (χ3n) is 1.91. The van der Waals surface area contributed by atoms with Crippen LogP contribution in [0.4, 0.5) is 9.59 Å². The van der Waals surface area contributed by atoms with Gasteiger partial charge in [0.1, 0.15) is 17.8 Å². The topological polar surface area (TPSA) is 98.3 Å². The highest BCUT2D eigenvalue weighted by atomic mass is 32.1. The molecule has 0 spiro atoms. The molecule has 0 heterocycles. The van der Waals surface area contributed by atoms with Crippen molar-refractivity contribution in [1.29, 1.82) is 0 Å². The van der Waals surface area contributed by atoms with Gasteiger partial charge in [-0.25, -0.2) is 14.6 Å². The lowest BCUT2D eigenvalue weighted by Crippen LogP contribution is -2.47. The zero-order valence-electron chi connectivity index (χ0n) is 15.3. The molecule has 0 atom stereocenters. The Morgan fingerprint density at radius 3 is 1.71 bits per heavy atom. The van der Waals surface area contributed by atoms with Crippen LogP contribution in [-0.2, 0) is 14.2 Å². The second-order valence-corrected chi connectivity index (χ2v) is 7.40. The SMILES string of the molecule is CC(=S)OCCN=C(NC(=O)OC(C)(C)C)NC(=O)OC(C)(C)C. The summed E-state index contributed by atoms with van der Waals surface area (Å²) in [5.74, 6) is -0.0934. The van der Waals surface area contributed by atoms with Crippen molar-refractivity contribution in [2.45, 2.75) is 59.7 Å². The van der Waals surface area contributed by atoms with E-state index in [1.54, 1.807) is 48.5 Å². The molecule has 0 unspecified atom stereocenters. The first kappa shape index (κ1) is 22.1. The first-order chi connectivity index (χ1) is 10.8. The number of hydrogen-bond acceptors (Lipinski definition) is 7. The van der Waals surface area contributed by atoms with E-state index in [1.165, 1.54) is 0 Å². The fraction of sp³-hybridized carbons (Fsp3) is 0.733. The summed E-state index contributed by atoms with van der Waals surface area (Å²) in [4.78, 5) is 27.7. The molecule has 0 radical (unpaired) electrons. The van der Waals surface area contributed by atoms with Crippen LogP contribution in [0.25, 0.3) is 0 Å². The summed E-state index contributed by atoms with van der Waals surface area (Å²) >= 11 is 4.78. The quantitative estimate of drug-likeness (QED) is 0.347. The first-order valence-corrected chi connectivity index (χ1v) is 7.87. The highest BCUT2D eigenvalue weighted by Crippen LogP contribution is 2.07. The number of carbonyl (C=O) groups is 2. The van der Waals surface area contributed by atoms with Crippen LogP contribution < -0.4 is 10.6 Å². The molecule has 24 heavy (non-hydrogen) atoms. The molecule has 9 heteroatoms. The molecule has 2 N–H and O–H groups in total. The fourth-order valence-corrected chi connectivity index (χ4v) is 1.34. The van der Waals surface area contributed by atoms with Crippen LogP contribution in [0.15, 0.2) is 4.99 Å². The lowest BCUT2D eigenvalue weighted by molar-refractivity contribution is 0.0545. The van der Waals surface area contributed by atoms with Crippen molar-refractivity contribution in [1.82, 2.24) is 10.6 Å². The van der Waals surface area contributed by atoms with E-state index in [0.717, 1.165) is 0 Å². The second kappa shape index (κ2) is 9.41. The molecule has 0 saturated carbocycles. The number of nitrogens with zero attached hydrogens (tertiary/aromatic N) is 1. The van der Waals surface area contributed by atoms with Crippen molar-refractivity contribution in [3.63, 3.8) is 0 Å². The first-order valence-electron chi connectivity index (χ1n) is 7.46. The summed E-state index contributed by atoms with van der Waals surface area (Å²) in [5, 5.41) is 5.12. The minimum atomic E-state index is -0.746. The summed E-state index contributed by atoms with van der Waals surface area (Å²) in [6.07, 6.45) is -1.49. The monoisotopic (exact) mass is 361 g/mol. The molecule has 0 aromatic rings. The molecule has 8 nitrogen and oxygen atoms in total. The van der Waals surface area contributed by atoms with E-state index in [-0.39, 0.29) is 19.1 Å². The molecule has 0 aliphatic rings. The van der Waals surface area contributed by atoms with Gasteiger partial charge in [0.15, 0.2) is 5.05 Å². The van der Waals surface area contributed by atoms with Gasteiger partial charge in [0.05, 0.1) is 6.54 Å². The maximum Gasteiger partial charge on any atom is 0.414 e. The normalized spacial score (nSPS) is 11.1. The van der Waals surface area contributed by atoms with E-state index in [2.05, 4.69) is 15.6 Å². The molecule has 0 aliphatic heterocycles. The third kappa shape index (κ3) is 13.7. The van der Waals surface area contributed by atoms with E-state index in [4.69, 9.17) is 26.4 Å². The number of carbonyl (C=O) groups excluding carboxylic acids is 2. The van der Waals surface area contributed by atoms with Crippen LogP contribution in [0, 0.1) is 0 Å². The van der Waals surface area contributed by atoms with Crippen LogP contribution in [0.3, 0.4) is 0 Å². The van der Waals surface area contributed by atoms with Gasteiger partial charge in [-0.3, -0.25) is 10.6 Å². The summed E-state index contributed by atoms with van der Waals surface area (Å²) in [7, 11) is 0. The average Bonchev–Trinajstić information content (AvgIpc) is 2.28. The molecule has 0 fully saturated rings. The van der Waals surface area contributed by atoms with Gasteiger partial charge in [0.2, 0.25) is 5.96 Å². The van der Waals surface area contributed by atoms with Crippen LogP contribution in [0.2, 0.25) is 0 Å². The van der Waals surface area contributed by atoms with Gasteiger partial charge in [0.25, 0.3) is 0 Å². The summed E-state index contributed by atoms with van der Waals surface area (Å²) in [5.41, 5.74) is -1.36. The molecule has 2 amide bonds. The number of ether oxygens (including phenoxy) is 3. The summed E-state index contributed by atoms with van der Waals surface area (Å²) in [6.45, 7) is 12.4. The zero-order chi connectivity index (χ0) is 19.0. The molecule has 0 saturated heterocycles. The standard InChI is InChI=1S/C15H27N3O5S/c1-10(24)21-9-8-16-11(17-12(19)22-14(2,3)4)18-13(20)23-15(5,6)7/h8-9H2,1-7H3,(H2,16,17,18,19,20). The maximum atomic E-state index is 11.8. The Morgan fingerprint density at radius 2 is 1.38 bits per heavy atom. The minimum absolute atomic E-state index is 0.0934. The van der Waals surface area contributed by atoms with Gasteiger partial charge in [-0.15, -0.1) is 0 Å². The number of aliphatic imine (C=N–C) groups is 1. The number of guanidine groups is 1. The van der Waals surface area contributed by atoms with Crippen molar-refractivity contribution in [3.8, 4) is 0 Å². The summed E-state index contributed by atoms with van der Waals surface area (Å²) < 4.78 is 15.3. The van der Waals surface area contributed by atoms with Crippen LogP contribution >= 0.6 is 12.2 Å². The van der Waals surface area contributed by atoms with Crippen molar-refractivity contribution >= 4 is 35.4 Å². The van der Waals surface area contributed by atoms with Gasteiger partial charge < -0.3 is 14.2 Å². The Morgan fingerprint density at radius 1 is 0.958 bits per heavy atom. The van der Waals surface area contributed by atoms with Gasteiger partial charge >= 0.3 is 12.2 Å². The number of nitrogens with one attached hydrogen (secondary N) is 2. The fourth-order valence-electron chi connectivity index (χ4n) is 1.26. The third-order valence-corrected chi connectivity index (χ3v) is 2.02. The largest absolute Gasteiger partial charge is 0.485 e. The summed E-state index contributed by atoms with van der Waals surface area (Å²) in [6, 6.07) is 0. The van der Waals surface area contributed by atoms with Crippen LogP contribution in [-0.4, -0.2) is 47.6 Å². The molecule has 0 aromatic carbocycles. The van der Waals surface area contributed by atoms with Gasteiger partial charge in [-0.05, 0) is 53.8 Å². The lowest BCUT2D eigenvalue weighted by Gasteiger charge is -2.22. The predicted octanol–water partition coefficient (Wildman–Crippen LogP) is 2.76. The smallest absolute Gasteiger partial charge is 0.414 e. The van der Waals surface area contributed by atoms with Crippen molar-refractivity contribution in [2.75, 3.05) is 13.2 Å². The Hall–Kier alpha value is -1.90. The number of thiocarbonyl (C=S) groups is 1. The van der Waals surface area contributed by atoms with E-state index in [1.807, 2.05) is 0 Å². The van der Waals surface area contributed by atoms with Crippen molar-refractivity contribution in [2.24, 2.45) is 4.99 Å². The van der Waals surface area contributed by atoms with Gasteiger partial charge in [0, 0.05) is 6.92 Å². The number of rotatable bonds is 3. The van der Waals surface area contributed by atoms with E-state index < -0.39 is 23.4 Å². The van der Waals surface area contributed by atoms with Crippen molar-refractivity contribution in [3.05, 3.63) is 0 Å². The minimum Gasteiger partial charge on any atom is -0.485 e. The highest BCUT2D eigenvalue weighted by molar-refractivity contribution is 7.80. The zero-order valence-corrected chi connectivity index (χ0v) is 16.1. The number of amides is 2. The van der Waals surface area contributed by atoms with E-state index in [9.17, 15) is 9.59 Å². The van der Waals surface area contributed by atoms with E-state index >= 15 is 0 Å². The molecule has 0 bridgehead atoms. The maximum absolute atomic E-state index is 11.8. The molecular formula is C15H27N3O5S. The lowest BCUT2D eigenvalue weighted by atomic mass is 10.2. The Kier molecular flexibility index (Phi) is 8.66. The van der Waals surface area contributed by atoms with E-state index in [0.29, 0.717) is 5.05 Å². The van der Waals surface area contributed by atoms with Gasteiger partial charge in [-0.1, -0.05) is 0 Å². The molecule has 0 aromatic heterocycles. The molecule has 0 rings (SSSR count). The average molecular weight is 361 g/mol. The predicted molar refractivity (Wildman–Crippen MR) is 95.3 cm³/mol. The van der Waals surface area contributed by atoms with Crippen molar-refractivity contribution < 1.29 is 23.8 Å². The Bertz CT molecular complexity index is 460. The van der Waals surface area contributed by atoms with Gasteiger partial charge in [-0.2, -0.15) is 0 Å². The molecular weight excluding hydrogens is 334 g/mol.